The number of nitrogens with one attached hydrogen (secondary N) is 1. The van der Waals surface area contributed by atoms with Crippen LogP contribution in [0, 0.1) is 0 Å². The molecule has 0 bridgehead atoms. The molecule has 1 unspecified atom stereocenters. The molecular weight excluding hydrogens is 200 g/mol. The largest absolute Gasteiger partial charge is 0.354 e. The predicted octanol–water partition coefficient (Wildman–Crippen LogP) is 2.09. The number of para-hydroxylation sites is 1. The summed E-state index contributed by atoms with van der Waals surface area (Å²) < 4.78 is 2.09. The lowest BCUT2D eigenvalue weighted by atomic mass is 10.1. The highest BCUT2D eigenvalue weighted by molar-refractivity contribution is 5.86. The molecule has 0 aliphatic carbocycles. The molecular formula is C13H14N2O. The number of aromatic nitrogens is 1. The third-order valence-electron chi connectivity index (χ3n) is 3.22. The molecule has 0 spiro atoms. The van der Waals surface area contributed by atoms with Crippen LogP contribution in [0.5, 0.6) is 0 Å². The first-order valence-corrected chi connectivity index (χ1v) is 5.69. The minimum absolute atomic E-state index is 0.0337. The summed E-state index contributed by atoms with van der Waals surface area (Å²) in [5.74, 6) is 0.146. The maximum atomic E-state index is 11.8. The average molecular weight is 214 g/mol. The Hall–Kier alpha value is -1.77. The Bertz CT molecular complexity index is 529. The third kappa shape index (κ3) is 1.40. The Morgan fingerprint density at radius 3 is 3.00 bits per heavy atom. The second-order valence-electron chi connectivity index (χ2n) is 4.23. The van der Waals surface area contributed by atoms with E-state index in [4.69, 9.17) is 0 Å². The first-order chi connectivity index (χ1) is 7.86. The van der Waals surface area contributed by atoms with E-state index in [0.29, 0.717) is 0 Å². The molecule has 1 atom stereocenters. The van der Waals surface area contributed by atoms with Gasteiger partial charge in [-0.25, -0.2) is 0 Å². The van der Waals surface area contributed by atoms with Crippen LogP contribution in [-0.4, -0.2) is 17.0 Å². The second-order valence-corrected chi connectivity index (χ2v) is 4.23. The van der Waals surface area contributed by atoms with Crippen LogP contribution in [0.2, 0.25) is 0 Å². The van der Waals surface area contributed by atoms with Crippen molar-refractivity contribution in [1.82, 2.24) is 9.88 Å². The van der Waals surface area contributed by atoms with Crippen LogP contribution in [0.25, 0.3) is 10.9 Å². The quantitative estimate of drug-likeness (QED) is 0.775. The Labute approximate surface area is 94.1 Å². The number of hydrogen-bond acceptors (Lipinski definition) is 1. The molecule has 1 aliphatic heterocycles. The van der Waals surface area contributed by atoms with E-state index in [1.165, 1.54) is 5.39 Å². The summed E-state index contributed by atoms with van der Waals surface area (Å²) in [4.78, 5) is 11.8. The zero-order chi connectivity index (χ0) is 11.0. The van der Waals surface area contributed by atoms with Crippen LogP contribution < -0.4 is 5.32 Å². The van der Waals surface area contributed by atoms with Crippen molar-refractivity contribution in [2.75, 3.05) is 6.54 Å². The summed E-state index contributed by atoms with van der Waals surface area (Å²) in [6, 6.07) is 10.2. The summed E-state index contributed by atoms with van der Waals surface area (Å²) in [5, 5.41) is 4.12. The standard InChI is InChI=1S/C13H14N2O/c16-13-12(6-3-8-14-13)15-9-7-10-4-1-2-5-11(10)15/h1-2,4-5,7,9,12H,3,6,8H2,(H,14,16). The fraction of sp³-hybridized carbons (Fsp3) is 0.308. The van der Waals surface area contributed by atoms with Gasteiger partial charge in [-0.1, -0.05) is 18.2 Å². The van der Waals surface area contributed by atoms with Crippen LogP contribution in [0.15, 0.2) is 36.5 Å². The van der Waals surface area contributed by atoms with Gasteiger partial charge in [-0.3, -0.25) is 4.79 Å². The number of piperidine rings is 1. The van der Waals surface area contributed by atoms with E-state index >= 15 is 0 Å². The van der Waals surface area contributed by atoms with Crippen LogP contribution in [0.3, 0.4) is 0 Å². The monoisotopic (exact) mass is 214 g/mol. The van der Waals surface area contributed by atoms with E-state index in [0.717, 1.165) is 24.9 Å². The Balaban J connectivity index is 2.08. The highest BCUT2D eigenvalue weighted by Gasteiger charge is 2.23. The highest BCUT2D eigenvalue weighted by Crippen LogP contribution is 2.24. The number of benzene rings is 1. The lowest BCUT2D eigenvalue weighted by molar-refractivity contribution is -0.125. The van der Waals surface area contributed by atoms with Crippen LogP contribution in [0.1, 0.15) is 18.9 Å². The van der Waals surface area contributed by atoms with Gasteiger partial charge in [0, 0.05) is 18.3 Å². The molecule has 0 radical (unpaired) electrons. The Kier molecular flexibility index (Phi) is 2.17. The van der Waals surface area contributed by atoms with Crippen molar-refractivity contribution in [3.8, 4) is 0 Å². The molecule has 3 nitrogen and oxygen atoms in total. The smallest absolute Gasteiger partial charge is 0.243 e. The SMILES string of the molecule is O=C1NCCCC1n1ccc2ccccc21. The molecule has 0 saturated carbocycles. The van der Waals surface area contributed by atoms with Gasteiger partial charge in [0.25, 0.3) is 0 Å². The number of amides is 1. The number of rotatable bonds is 1. The van der Waals surface area contributed by atoms with E-state index in [1.807, 2.05) is 18.3 Å². The van der Waals surface area contributed by atoms with Gasteiger partial charge in [0.1, 0.15) is 6.04 Å². The molecule has 1 aliphatic rings. The zero-order valence-electron chi connectivity index (χ0n) is 9.02. The number of fused-ring (bicyclic) bond motifs is 1. The van der Waals surface area contributed by atoms with Crippen molar-refractivity contribution in [3.63, 3.8) is 0 Å². The maximum Gasteiger partial charge on any atom is 0.243 e. The minimum Gasteiger partial charge on any atom is -0.354 e. The number of nitrogens with zero attached hydrogens (tertiary/aromatic N) is 1. The molecule has 1 saturated heterocycles. The molecule has 3 rings (SSSR count). The van der Waals surface area contributed by atoms with Gasteiger partial charge >= 0.3 is 0 Å². The minimum atomic E-state index is -0.0337. The van der Waals surface area contributed by atoms with Crippen LogP contribution >= 0.6 is 0 Å². The predicted molar refractivity (Wildman–Crippen MR) is 63.2 cm³/mol. The summed E-state index contributed by atoms with van der Waals surface area (Å²) >= 11 is 0. The molecule has 2 heterocycles. The van der Waals surface area contributed by atoms with Gasteiger partial charge in [0.05, 0.1) is 0 Å². The molecule has 16 heavy (non-hydrogen) atoms. The van der Waals surface area contributed by atoms with E-state index < -0.39 is 0 Å². The lowest BCUT2D eigenvalue weighted by Gasteiger charge is -2.24. The molecule has 82 valence electrons. The molecule has 2 aromatic rings. The first-order valence-electron chi connectivity index (χ1n) is 5.69. The van der Waals surface area contributed by atoms with Crippen LogP contribution in [0.4, 0.5) is 0 Å². The van der Waals surface area contributed by atoms with Crippen molar-refractivity contribution in [2.24, 2.45) is 0 Å². The summed E-state index contributed by atoms with van der Waals surface area (Å²) in [6.07, 6.45) is 4.01. The second kappa shape index (κ2) is 3.67. The van der Waals surface area contributed by atoms with Crippen molar-refractivity contribution in [3.05, 3.63) is 36.5 Å². The number of carbonyl (C=O) groups is 1. The topological polar surface area (TPSA) is 34.0 Å². The summed E-state index contributed by atoms with van der Waals surface area (Å²) in [5.41, 5.74) is 1.14. The van der Waals surface area contributed by atoms with Gasteiger partial charge in [-0.05, 0) is 30.4 Å². The van der Waals surface area contributed by atoms with Gasteiger partial charge in [-0.15, -0.1) is 0 Å². The van der Waals surface area contributed by atoms with Gasteiger partial charge < -0.3 is 9.88 Å². The fourth-order valence-corrected chi connectivity index (χ4v) is 2.40. The molecule has 1 N–H and O–H groups in total. The average Bonchev–Trinajstić information content (AvgIpc) is 2.74. The first kappa shape index (κ1) is 9.46. The summed E-state index contributed by atoms with van der Waals surface area (Å²) in [7, 11) is 0. The number of carbonyl (C=O) groups excluding carboxylic acids is 1. The van der Waals surface area contributed by atoms with E-state index in [1.54, 1.807) is 0 Å². The Morgan fingerprint density at radius 1 is 1.25 bits per heavy atom. The van der Waals surface area contributed by atoms with Crippen molar-refractivity contribution in [2.45, 2.75) is 18.9 Å². The fourth-order valence-electron chi connectivity index (χ4n) is 2.40. The van der Waals surface area contributed by atoms with Crippen molar-refractivity contribution < 1.29 is 4.79 Å². The van der Waals surface area contributed by atoms with Gasteiger partial charge in [-0.2, -0.15) is 0 Å². The Morgan fingerprint density at radius 2 is 2.12 bits per heavy atom. The van der Waals surface area contributed by atoms with E-state index in [2.05, 4.69) is 28.1 Å². The zero-order valence-corrected chi connectivity index (χ0v) is 9.02. The normalized spacial score (nSPS) is 21.0. The third-order valence-corrected chi connectivity index (χ3v) is 3.22. The molecule has 3 heteroatoms. The summed E-state index contributed by atoms with van der Waals surface area (Å²) in [6.45, 7) is 0.814. The van der Waals surface area contributed by atoms with Crippen molar-refractivity contribution in [1.29, 1.82) is 0 Å². The lowest BCUT2D eigenvalue weighted by Crippen LogP contribution is -2.37. The van der Waals surface area contributed by atoms with Crippen molar-refractivity contribution >= 4 is 16.8 Å². The van der Waals surface area contributed by atoms with E-state index in [9.17, 15) is 4.79 Å². The van der Waals surface area contributed by atoms with Gasteiger partial charge in [0.15, 0.2) is 0 Å². The van der Waals surface area contributed by atoms with Crippen LogP contribution in [-0.2, 0) is 4.79 Å². The molecule has 1 aromatic carbocycles. The van der Waals surface area contributed by atoms with Gasteiger partial charge in [0.2, 0.25) is 5.91 Å². The number of hydrogen-bond donors (Lipinski definition) is 1. The molecule has 1 fully saturated rings. The molecule has 1 aromatic heterocycles. The highest BCUT2D eigenvalue weighted by atomic mass is 16.2. The molecule has 1 amide bonds. The maximum absolute atomic E-state index is 11.8. The van der Waals surface area contributed by atoms with E-state index in [-0.39, 0.29) is 11.9 Å².